The Bertz CT molecular complexity index is 568. The molecule has 2 atom stereocenters. The molecule has 2 aliphatic rings. The molecule has 0 aliphatic carbocycles. The predicted molar refractivity (Wildman–Crippen MR) is 77.4 cm³/mol. The molecule has 0 aromatic carbocycles. The van der Waals surface area contributed by atoms with Crippen molar-refractivity contribution < 1.29 is 9.53 Å². The number of carbonyl (C=O) groups excluding carboxylic acids is 1. The highest BCUT2D eigenvalue weighted by molar-refractivity contribution is 6.29. The van der Waals surface area contributed by atoms with Crippen LogP contribution in [0.25, 0.3) is 5.57 Å². The molecule has 4 nitrogen and oxygen atoms in total. The molecule has 0 spiro atoms. The van der Waals surface area contributed by atoms with Crippen molar-refractivity contribution >= 4 is 23.1 Å². The number of rotatable bonds is 2. The van der Waals surface area contributed by atoms with Gasteiger partial charge < -0.3 is 4.74 Å². The van der Waals surface area contributed by atoms with Crippen molar-refractivity contribution in [2.45, 2.75) is 31.3 Å². The third-order valence-corrected chi connectivity index (χ3v) is 4.64. The summed E-state index contributed by atoms with van der Waals surface area (Å²) < 4.78 is 4.99. The van der Waals surface area contributed by atoms with Crippen LogP contribution in [0.3, 0.4) is 0 Å². The summed E-state index contributed by atoms with van der Waals surface area (Å²) in [4.78, 5) is 18.6. The van der Waals surface area contributed by atoms with Crippen LogP contribution < -0.4 is 0 Å². The summed E-state index contributed by atoms with van der Waals surface area (Å²) in [6, 6.07) is 4.35. The van der Waals surface area contributed by atoms with Gasteiger partial charge in [0.1, 0.15) is 5.15 Å². The Kier molecular flexibility index (Phi) is 3.52. The average Bonchev–Trinajstić information content (AvgIpc) is 2.70. The van der Waals surface area contributed by atoms with Crippen LogP contribution in [0.1, 0.15) is 24.8 Å². The molecule has 106 valence electrons. The first kappa shape index (κ1) is 13.6. The Balaban J connectivity index is 2.10. The highest BCUT2D eigenvalue weighted by Crippen LogP contribution is 2.42. The summed E-state index contributed by atoms with van der Waals surface area (Å²) in [5.74, 6) is -0.229. The zero-order chi connectivity index (χ0) is 14.3. The van der Waals surface area contributed by atoms with Crippen LogP contribution in [0.15, 0.2) is 23.9 Å². The monoisotopic (exact) mass is 292 g/mol. The minimum Gasteiger partial charge on any atom is -0.466 e. The molecule has 0 amide bonds. The summed E-state index contributed by atoms with van der Waals surface area (Å²) in [6.45, 7) is 0. The van der Waals surface area contributed by atoms with Gasteiger partial charge in [0.05, 0.1) is 12.7 Å². The van der Waals surface area contributed by atoms with E-state index in [4.69, 9.17) is 16.3 Å². The molecule has 1 saturated heterocycles. The number of methoxy groups -OCH3 is 1. The van der Waals surface area contributed by atoms with Crippen LogP contribution in [0.5, 0.6) is 0 Å². The first-order valence-electron chi connectivity index (χ1n) is 6.77. The van der Waals surface area contributed by atoms with E-state index in [0.717, 1.165) is 36.0 Å². The largest absolute Gasteiger partial charge is 0.466 e. The van der Waals surface area contributed by atoms with Gasteiger partial charge in [0.2, 0.25) is 0 Å². The summed E-state index contributed by atoms with van der Waals surface area (Å²) >= 11 is 5.84. The molecule has 0 N–H and O–H groups in total. The zero-order valence-corrected chi connectivity index (χ0v) is 12.4. The van der Waals surface area contributed by atoms with Crippen molar-refractivity contribution in [3.8, 4) is 0 Å². The number of fused-ring (bicyclic) bond motifs is 2. The van der Waals surface area contributed by atoms with Crippen LogP contribution in [0, 0.1) is 0 Å². The van der Waals surface area contributed by atoms with E-state index in [1.807, 2.05) is 6.07 Å². The lowest BCUT2D eigenvalue weighted by atomic mass is 9.89. The van der Waals surface area contributed by atoms with E-state index >= 15 is 0 Å². The number of pyridine rings is 1. The highest BCUT2D eigenvalue weighted by atomic mass is 35.5. The molecule has 20 heavy (non-hydrogen) atoms. The van der Waals surface area contributed by atoms with Crippen molar-refractivity contribution in [1.82, 2.24) is 9.88 Å². The lowest BCUT2D eigenvalue weighted by Gasteiger charge is -2.34. The molecular formula is C15H17ClN2O2. The molecule has 0 saturated carbocycles. The molecule has 0 radical (unpaired) electrons. The van der Waals surface area contributed by atoms with Crippen LogP contribution in [0.4, 0.5) is 0 Å². The Labute approximate surface area is 123 Å². The Hall–Kier alpha value is -1.39. The van der Waals surface area contributed by atoms with Gasteiger partial charge in [0, 0.05) is 18.3 Å². The molecule has 5 heteroatoms. The first-order chi connectivity index (χ1) is 9.61. The predicted octanol–water partition coefficient (Wildman–Crippen LogP) is 2.53. The molecule has 2 aliphatic heterocycles. The van der Waals surface area contributed by atoms with Gasteiger partial charge in [-0.3, -0.25) is 4.90 Å². The van der Waals surface area contributed by atoms with Gasteiger partial charge in [-0.2, -0.15) is 0 Å². The van der Waals surface area contributed by atoms with Crippen molar-refractivity contribution in [3.63, 3.8) is 0 Å². The molecule has 1 aromatic heterocycles. The van der Waals surface area contributed by atoms with Gasteiger partial charge >= 0.3 is 5.97 Å². The molecule has 0 unspecified atom stereocenters. The van der Waals surface area contributed by atoms with E-state index in [2.05, 4.69) is 16.9 Å². The van der Waals surface area contributed by atoms with Gasteiger partial charge in [0.15, 0.2) is 0 Å². The number of ether oxygens (including phenoxy) is 1. The molecule has 3 heterocycles. The quantitative estimate of drug-likeness (QED) is 0.620. The number of nitrogens with zero attached hydrogens (tertiary/aromatic N) is 2. The van der Waals surface area contributed by atoms with E-state index in [1.54, 1.807) is 12.3 Å². The summed E-state index contributed by atoms with van der Waals surface area (Å²) in [6.07, 6.45) is 4.73. The number of hydrogen-bond donors (Lipinski definition) is 0. The maximum absolute atomic E-state index is 12.2. The van der Waals surface area contributed by atoms with Crippen molar-refractivity contribution in [1.29, 1.82) is 0 Å². The van der Waals surface area contributed by atoms with Gasteiger partial charge in [-0.15, -0.1) is 0 Å². The van der Waals surface area contributed by atoms with Gasteiger partial charge in [-0.05, 0) is 43.5 Å². The Morgan fingerprint density at radius 1 is 1.45 bits per heavy atom. The van der Waals surface area contributed by atoms with E-state index in [1.165, 1.54) is 7.11 Å². The SMILES string of the molecule is COC(=O)C1=C(c2ccc(Cl)nc2)C[C@H]2CC[C@@H]1N2C. The fourth-order valence-corrected chi connectivity index (χ4v) is 3.46. The molecule has 1 fully saturated rings. The van der Waals surface area contributed by atoms with Gasteiger partial charge in [-0.25, -0.2) is 9.78 Å². The summed E-state index contributed by atoms with van der Waals surface area (Å²) in [7, 11) is 3.52. The van der Waals surface area contributed by atoms with Crippen molar-refractivity contribution in [2.75, 3.05) is 14.2 Å². The number of carbonyl (C=O) groups is 1. The third kappa shape index (κ3) is 2.13. The maximum atomic E-state index is 12.2. The van der Waals surface area contributed by atoms with Gasteiger partial charge in [0.25, 0.3) is 0 Å². The molecule has 2 bridgehead atoms. The van der Waals surface area contributed by atoms with Crippen LogP contribution >= 0.6 is 11.6 Å². The second kappa shape index (κ2) is 5.19. The fourth-order valence-electron chi connectivity index (χ4n) is 3.35. The minimum absolute atomic E-state index is 0.159. The van der Waals surface area contributed by atoms with Gasteiger partial charge in [-0.1, -0.05) is 17.7 Å². The maximum Gasteiger partial charge on any atom is 0.335 e. The molecular weight excluding hydrogens is 276 g/mol. The van der Waals surface area contributed by atoms with Crippen LogP contribution in [0.2, 0.25) is 5.15 Å². The Morgan fingerprint density at radius 3 is 2.90 bits per heavy atom. The number of aromatic nitrogens is 1. The molecule has 3 rings (SSSR count). The Morgan fingerprint density at radius 2 is 2.25 bits per heavy atom. The van der Waals surface area contributed by atoms with E-state index in [-0.39, 0.29) is 12.0 Å². The standard InChI is InChI=1S/C15H17ClN2O2/c1-18-10-4-5-12(18)14(15(19)20-2)11(7-10)9-3-6-13(16)17-8-9/h3,6,8,10,12H,4-5,7H2,1-2H3/t10-,12+/m1/s1. The average molecular weight is 293 g/mol. The third-order valence-electron chi connectivity index (χ3n) is 4.42. The van der Waals surface area contributed by atoms with Crippen molar-refractivity contribution in [2.24, 2.45) is 0 Å². The summed E-state index contributed by atoms with van der Waals surface area (Å²) in [5.41, 5.74) is 2.82. The lowest BCUT2D eigenvalue weighted by Crippen LogP contribution is -2.40. The van der Waals surface area contributed by atoms with E-state index in [0.29, 0.717) is 11.2 Å². The van der Waals surface area contributed by atoms with Crippen LogP contribution in [-0.4, -0.2) is 42.1 Å². The number of halogens is 1. The number of esters is 1. The topological polar surface area (TPSA) is 42.4 Å². The summed E-state index contributed by atoms with van der Waals surface area (Å²) in [5, 5.41) is 0.463. The van der Waals surface area contributed by atoms with E-state index in [9.17, 15) is 4.79 Å². The normalized spacial score (nSPS) is 25.9. The number of hydrogen-bond acceptors (Lipinski definition) is 4. The fraction of sp³-hybridized carbons (Fsp3) is 0.467. The second-order valence-corrected chi connectivity index (χ2v) is 5.76. The minimum atomic E-state index is -0.229. The van der Waals surface area contributed by atoms with E-state index < -0.39 is 0 Å². The smallest absolute Gasteiger partial charge is 0.335 e. The zero-order valence-electron chi connectivity index (χ0n) is 11.6. The highest BCUT2D eigenvalue weighted by Gasteiger charge is 2.42. The van der Waals surface area contributed by atoms with Crippen molar-refractivity contribution in [3.05, 3.63) is 34.6 Å². The lowest BCUT2D eigenvalue weighted by molar-refractivity contribution is -0.136. The molecule has 1 aromatic rings. The second-order valence-electron chi connectivity index (χ2n) is 5.37. The van der Waals surface area contributed by atoms with Crippen LogP contribution in [-0.2, 0) is 9.53 Å². The first-order valence-corrected chi connectivity index (χ1v) is 7.15. The number of likely N-dealkylation sites (N-methyl/N-ethyl adjacent to an activating group) is 1.